The first kappa shape index (κ1) is 27.3. The Kier molecular flexibility index (Phi) is 8.41. The number of fused-ring (bicyclic) bond motifs is 1. The monoisotopic (exact) mass is 542 g/mol. The maximum absolute atomic E-state index is 13.2. The van der Waals surface area contributed by atoms with Crippen molar-refractivity contribution in [3.63, 3.8) is 0 Å². The molecule has 208 valence electrons. The van der Waals surface area contributed by atoms with E-state index in [-0.39, 0.29) is 30.5 Å². The molecule has 7 nitrogen and oxygen atoms in total. The van der Waals surface area contributed by atoms with Crippen molar-refractivity contribution in [3.8, 4) is 23.0 Å². The topological polar surface area (TPSA) is 72.5 Å². The molecule has 4 aromatic rings. The van der Waals surface area contributed by atoms with Gasteiger partial charge < -0.3 is 28.4 Å². The molecule has 1 aliphatic rings. The quantitative estimate of drug-likeness (QED) is 0.219. The molecule has 5 rings (SSSR count). The van der Waals surface area contributed by atoms with Crippen LogP contribution in [0.1, 0.15) is 27.6 Å². The van der Waals surface area contributed by atoms with E-state index in [1.54, 1.807) is 28.4 Å². The molecule has 1 unspecified atom stereocenters. The summed E-state index contributed by atoms with van der Waals surface area (Å²) in [6.45, 7) is 0.730. The average molecular weight is 543 g/mol. The number of benzene rings is 4. The summed E-state index contributed by atoms with van der Waals surface area (Å²) in [6, 6.07) is 25.3. The Labute approximate surface area is 234 Å². The largest absolute Gasteiger partial charge is 0.493 e. The van der Waals surface area contributed by atoms with Crippen molar-refractivity contribution < 1.29 is 33.2 Å². The van der Waals surface area contributed by atoms with Crippen LogP contribution in [-0.2, 0) is 15.9 Å². The number of carbonyl (C=O) groups is 1. The Morgan fingerprint density at radius 1 is 0.750 bits per heavy atom. The van der Waals surface area contributed by atoms with Crippen molar-refractivity contribution in [1.82, 2.24) is 0 Å². The second-order valence-electron chi connectivity index (χ2n) is 9.85. The first-order valence-corrected chi connectivity index (χ1v) is 13.2. The first-order chi connectivity index (χ1) is 19.5. The zero-order chi connectivity index (χ0) is 28.1. The van der Waals surface area contributed by atoms with Crippen LogP contribution in [0.2, 0.25) is 0 Å². The van der Waals surface area contributed by atoms with E-state index >= 15 is 0 Å². The number of hydrogen-bond donors (Lipinski definition) is 0. The number of esters is 1. The lowest BCUT2D eigenvalue weighted by Gasteiger charge is -2.24. The fraction of sp³-hybridized carbons (Fsp3) is 0.303. The van der Waals surface area contributed by atoms with Gasteiger partial charge in [0.15, 0.2) is 23.0 Å². The molecular formula is C33H34O7. The van der Waals surface area contributed by atoms with Crippen LogP contribution in [0.3, 0.4) is 0 Å². The summed E-state index contributed by atoms with van der Waals surface area (Å²) >= 11 is 0. The molecule has 1 fully saturated rings. The predicted molar refractivity (Wildman–Crippen MR) is 153 cm³/mol. The van der Waals surface area contributed by atoms with Crippen molar-refractivity contribution in [2.45, 2.75) is 12.5 Å². The molecule has 0 amide bonds. The second kappa shape index (κ2) is 12.3. The van der Waals surface area contributed by atoms with Crippen molar-refractivity contribution in [1.29, 1.82) is 0 Å². The highest BCUT2D eigenvalue weighted by molar-refractivity contribution is 5.95. The van der Waals surface area contributed by atoms with Crippen LogP contribution >= 0.6 is 0 Å². The minimum atomic E-state index is -0.353. The molecule has 0 radical (unpaired) electrons. The van der Waals surface area contributed by atoms with E-state index in [9.17, 15) is 4.79 Å². The Morgan fingerprint density at radius 3 is 2.15 bits per heavy atom. The summed E-state index contributed by atoms with van der Waals surface area (Å²) in [6.07, 6.45) is 0.442. The fourth-order valence-corrected chi connectivity index (χ4v) is 5.41. The van der Waals surface area contributed by atoms with E-state index in [2.05, 4.69) is 0 Å². The Morgan fingerprint density at radius 2 is 1.43 bits per heavy atom. The molecule has 0 bridgehead atoms. The summed E-state index contributed by atoms with van der Waals surface area (Å²) in [5, 5.41) is 2.07. The lowest BCUT2D eigenvalue weighted by molar-refractivity contribution is 0.0290. The molecule has 1 saturated heterocycles. The van der Waals surface area contributed by atoms with Gasteiger partial charge in [-0.25, -0.2) is 4.79 Å². The number of ether oxygens (including phenoxy) is 6. The normalized spacial score (nSPS) is 18.4. The maximum Gasteiger partial charge on any atom is 0.338 e. The van der Waals surface area contributed by atoms with Crippen molar-refractivity contribution >= 4 is 16.7 Å². The molecule has 4 aromatic carbocycles. The fourth-order valence-electron chi connectivity index (χ4n) is 5.41. The van der Waals surface area contributed by atoms with Gasteiger partial charge >= 0.3 is 5.97 Å². The van der Waals surface area contributed by atoms with Gasteiger partial charge in [-0.05, 0) is 70.6 Å². The van der Waals surface area contributed by atoms with Gasteiger partial charge in [0.2, 0.25) is 0 Å². The van der Waals surface area contributed by atoms with Crippen LogP contribution < -0.4 is 18.9 Å². The molecule has 7 heteroatoms. The molecule has 3 atom stereocenters. The average Bonchev–Trinajstić information content (AvgIpc) is 3.40. The van der Waals surface area contributed by atoms with Gasteiger partial charge in [0, 0.05) is 5.92 Å². The summed E-state index contributed by atoms with van der Waals surface area (Å²) in [5.41, 5.74) is 2.56. The Bertz CT molecular complexity index is 1480. The van der Waals surface area contributed by atoms with Gasteiger partial charge in [-0.1, -0.05) is 42.5 Å². The maximum atomic E-state index is 13.2. The number of rotatable bonds is 10. The molecule has 0 saturated carbocycles. The zero-order valence-corrected chi connectivity index (χ0v) is 23.2. The summed E-state index contributed by atoms with van der Waals surface area (Å²) in [7, 11) is 6.47. The Hall–Kier alpha value is -4.23. The molecule has 0 aliphatic carbocycles. The first-order valence-electron chi connectivity index (χ1n) is 13.2. The third-order valence-electron chi connectivity index (χ3n) is 7.56. The van der Waals surface area contributed by atoms with Gasteiger partial charge in [0.05, 0.1) is 53.3 Å². The second-order valence-corrected chi connectivity index (χ2v) is 9.85. The molecule has 0 spiro atoms. The van der Waals surface area contributed by atoms with Gasteiger partial charge in [-0.2, -0.15) is 0 Å². The van der Waals surface area contributed by atoms with Crippen molar-refractivity contribution in [2.75, 3.05) is 41.7 Å². The molecular weight excluding hydrogens is 508 g/mol. The van der Waals surface area contributed by atoms with Crippen LogP contribution in [-0.4, -0.2) is 47.6 Å². The predicted octanol–water partition coefficient (Wildman–Crippen LogP) is 6.28. The van der Waals surface area contributed by atoms with Crippen LogP contribution in [0, 0.1) is 11.8 Å². The highest BCUT2D eigenvalue weighted by Crippen LogP contribution is 2.43. The van der Waals surface area contributed by atoms with E-state index in [0.29, 0.717) is 35.2 Å². The molecule has 0 N–H and O–H groups in total. The molecule has 0 aromatic heterocycles. The minimum absolute atomic E-state index is 0.0874. The minimum Gasteiger partial charge on any atom is -0.493 e. The Balaban J connectivity index is 1.40. The van der Waals surface area contributed by atoms with Gasteiger partial charge in [0.1, 0.15) is 0 Å². The lowest BCUT2D eigenvalue weighted by Crippen LogP contribution is -2.24. The molecule has 1 aliphatic heterocycles. The SMILES string of the molecule is COc1ccc(C[C@H]2COC(c3ccc(OC)c(OC)c3)[C@H]2COC(=O)c2ccc3ccccc3c2)cc1OC. The van der Waals surface area contributed by atoms with Crippen LogP contribution in [0.25, 0.3) is 10.8 Å². The third-order valence-corrected chi connectivity index (χ3v) is 7.56. The van der Waals surface area contributed by atoms with Crippen molar-refractivity contribution in [3.05, 3.63) is 95.6 Å². The van der Waals surface area contributed by atoms with E-state index in [1.165, 1.54) is 0 Å². The number of hydrogen-bond acceptors (Lipinski definition) is 7. The lowest BCUT2D eigenvalue weighted by atomic mass is 9.84. The number of methoxy groups -OCH3 is 4. The van der Waals surface area contributed by atoms with Crippen LogP contribution in [0.15, 0.2) is 78.9 Å². The van der Waals surface area contributed by atoms with Gasteiger partial charge in [-0.15, -0.1) is 0 Å². The van der Waals surface area contributed by atoms with E-state index < -0.39 is 0 Å². The van der Waals surface area contributed by atoms with Crippen molar-refractivity contribution in [2.24, 2.45) is 11.8 Å². The summed E-state index contributed by atoms with van der Waals surface area (Å²) in [5.74, 6) is 2.28. The standard InChI is InChI=1S/C33H34O7/c1-35-28-13-9-21(16-30(28)37-3)15-26-19-39-32(24-12-14-29(36-2)31(18-24)38-4)27(26)20-40-33(34)25-11-10-22-7-5-6-8-23(22)17-25/h5-14,16-18,26-27,32H,15,19-20H2,1-4H3/t26-,27-,32?/m0/s1. The van der Waals surface area contributed by atoms with Gasteiger partial charge in [-0.3, -0.25) is 0 Å². The smallest absolute Gasteiger partial charge is 0.338 e. The highest BCUT2D eigenvalue weighted by atomic mass is 16.5. The number of carbonyl (C=O) groups excluding carboxylic acids is 1. The van der Waals surface area contributed by atoms with Crippen LogP contribution in [0.4, 0.5) is 0 Å². The molecule has 40 heavy (non-hydrogen) atoms. The van der Waals surface area contributed by atoms with E-state index in [1.807, 2.05) is 78.9 Å². The zero-order valence-electron chi connectivity index (χ0n) is 23.2. The van der Waals surface area contributed by atoms with E-state index in [0.717, 1.165) is 28.3 Å². The van der Waals surface area contributed by atoms with Crippen LogP contribution in [0.5, 0.6) is 23.0 Å². The molecule has 1 heterocycles. The summed E-state index contributed by atoms with van der Waals surface area (Å²) < 4.78 is 34.2. The van der Waals surface area contributed by atoms with Gasteiger partial charge in [0.25, 0.3) is 0 Å². The third kappa shape index (κ3) is 5.70. The van der Waals surface area contributed by atoms with E-state index in [4.69, 9.17) is 28.4 Å². The summed E-state index contributed by atoms with van der Waals surface area (Å²) in [4.78, 5) is 13.2. The highest BCUT2D eigenvalue weighted by Gasteiger charge is 2.39.